The van der Waals surface area contributed by atoms with Crippen molar-refractivity contribution in [3.05, 3.63) is 23.8 Å². The minimum Gasteiger partial charge on any atom is -0.497 e. The van der Waals surface area contributed by atoms with Crippen LogP contribution in [0, 0.1) is 5.92 Å². The minimum absolute atomic E-state index is 0.758. The zero-order chi connectivity index (χ0) is 9.97. The molecule has 1 aliphatic rings. The van der Waals surface area contributed by atoms with E-state index in [0.717, 1.165) is 18.2 Å². The van der Waals surface area contributed by atoms with Gasteiger partial charge < -0.3 is 10.1 Å². The van der Waals surface area contributed by atoms with Crippen LogP contribution in [0.3, 0.4) is 0 Å². The highest BCUT2D eigenvalue weighted by molar-refractivity contribution is 5.55. The molecule has 0 fully saturated rings. The van der Waals surface area contributed by atoms with E-state index >= 15 is 0 Å². The molecular formula is C12H17NO. The number of rotatable bonds is 1. The van der Waals surface area contributed by atoms with Crippen LogP contribution in [0.1, 0.15) is 18.9 Å². The third kappa shape index (κ3) is 1.84. The van der Waals surface area contributed by atoms with Crippen molar-refractivity contribution in [1.82, 2.24) is 0 Å². The number of nitrogens with one attached hydrogen (secondary N) is 1. The van der Waals surface area contributed by atoms with Gasteiger partial charge in [-0.15, -0.1) is 0 Å². The largest absolute Gasteiger partial charge is 0.497 e. The molecular weight excluding hydrogens is 174 g/mol. The standard InChI is InChI=1S/C12H17NO/c1-9-3-4-10-5-6-11(14-2)7-12(10)13-8-9/h5-7,9,13H,3-4,8H2,1-2H3. The second-order valence-corrected chi connectivity index (χ2v) is 4.05. The maximum atomic E-state index is 5.21. The molecule has 2 nitrogen and oxygen atoms in total. The second kappa shape index (κ2) is 3.91. The van der Waals surface area contributed by atoms with Gasteiger partial charge in [0.15, 0.2) is 0 Å². The lowest BCUT2D eigenvalue weighted by atomic mass is 10.0. The van der Waals surface area contributed by atoms with E-state index in [0.29, 0.717) is 0 Å². The van der Waals surface area contributed by atoms with Gasteiger partial charge in [-0.2, -0.15) is 0 Å². The Bertz CT molecular complexity index is 322. The number of ether oxygens (including phenoxy) is 1. The zero-order valence-electron chi connectivity index (χ0n) is 8.84. The van der Waals surface area contributed by atoms with Crippen molar-refractivity contribution >= 4 is 5.69 Å². The Balaban J connectivity index is 2.27. The SMILES string of the molecule is COc1ccc2c(c1)NCC(C)CC2. The van der Waals surface area contributed by atoms with E-state index in [1.807, 2.05) is 6.07 Å². The molecule has 0 bridgehead atoms. The van der Waals surface area contributed by atoms with Crippen LogP contribution in [0.2, 0.25) is 0 Å². The fraction of sp³-hybridized carbons (Fsp3) is 0.500. The lowest BCUT2D eigenvalue weighted by molar-refractivity contribution is 0.415. The Labute approximate surface area is 85.3 Å². The summed E-state index contributed by atoms with van der Waals surface area (Å²) in [5.74, 6) is 1.69. The average Bonchev–Trinajstić information content (AvgIpc) is 2.40. The first-order valence-electron chi connectivity index (χ1n) is 5.20. The highest BCUT2D eigenvalue weighted by Crippen LogP contribution is 2.27. The maximum absolute atomic E-state index is 5.21. The number of anilines is 1. The van der Waals surface area contributed by atoms with E-state index < -0.39 is 0 Å². The number of benzene rings is 1. The number of fused-ring (bicyclic) bond motifs is 1. The molecule has 0 spiro atoms. The van der Waals surface area contributed by atoms with Crippen LogP contribution < -0.4 is 10.1 Å². The molecule has 0 saturated carbocycles. The van der Waals surface area contributed by atoms with Gasteiger partial charge in [0.1, 0.15) is 5.75 Å². The van der Waals surface area contributed by atoms with Crippen LogP contribution in [0.5, 0.6) is 5.75 Å². The van der Waals surface area contributed by atoms with Gasteiger partial charge in [0.05, 0.1) is 7.11 Å². The maximum Gasteiger partial charge on any atom is 0.120 e. The van der Waals surface area contributed by atoms with Crippen molar-refractivity contribution < 1.29 is 4.74 Å². The van der Waals surface area contributed by atoms with Crippen LogP contribution in [-0.2, 0) is 6.42 Å². The number of aryl methyl sites for hydroxylation is 1. The Morgan fingerprint density at radius 2 is 2.29 bits per heavy atom. The molecule has 2 heteroatoms. The molecule has 0 saturated heterocycles. The first kappa shape index (κ1) is 9.38. The van der Waals surface area contributed by atoms with Crippen molar-refractivity contribution in [1.29, 1.82) is 0 Å². The molecule has 1 heterocycles. The van der Waals surface area contributed by atoms with E-state index in [9.17, 15) is 0 Å². The molecule has 76 valence electrons. The summed E-state index contributed by atoms with van der Waals surface area (Å²) in [6.45, 7) is 3.36. The predicted molar refractivity (Wildman–Crippen MR) is 59.0 cm³/mol. The molecule has 1 N–H and O–H groups in total. The molecule has 0 aliphatic carbocycles. The second-order valence-electron chi connectivity index (χ2n) is 4.05. The summed E-state index contributed by atoms with van der Waals surface area (Å²) in [4.78, 5) is 0. The van der Waals surface area contributed by atoms with Gasteiger partial charge in [-0.3, -0.25) is 0 Å². The van der Waals surface area contributed by atoms with Gasteiger partial charge in [-0.05, 0) is 30.4 Å². The summed E-state index contributed by atoms with van der Waals surface area (Å²) in [6.07, 6.45) is 2.44. The van der Waals surface area contributed by atoms with E-state index in [-0.39, 0.29) is 0 Å². The van der Waals surface area contributed by atoms with E-state index in [2.05, 4.69) is 24.4 Å². The Hall–Kier alpha value is -1.18. The van der Waals surface area contributed by atoms with Gasteiger partial charge in [-0.25, -0.2) is 0 Å². The summed E-state index contributed by atoms with van der Waals surface area (Å²) in [5.41, 5.74) is 2.66. The lowest BCUT2D eigenvalue weighted by Gasteiger charge is -2.09. The van der Waals surface area contributed by atoms with Crippen molar-refractivity contribution in [3.63, 3.8) is 0 Å². The number of methoxy groups -OCH3 is 1. The molecule has 1 aliphatic heterocycles. The van der Waals surface area contributed by atoms with Crippen molar-refractivity contribution in [2.24, 2.45) is 5.92 Å². The van der Waals surface area contributed by atoms with Crippen LogP contribution >= 0.6 is 0 Å². The van der Waals surface area contributed by atoms with Gasteiger partial charge in [-0.1, -0.05) is 13.0 Å². The highest BCUT2D eigenvalue weighted by Gasteiger charge is 2.12. The van der Waals surface area contributed by atoms with Gasteiger partial charge in [0, 0.05) is 18.3 Å². The normalized spacial score (nSPS) is 20.6. The third-order valence-corrected chi connectivity index (χ3v) is 2.86. The predicted octanol–water partition coefficient (Wildman–Crippen LogP) is 2.69. The average molecular weight is 191 g/mol. The van der Waals surface area contributed by atoms with Gasteiger partial charge in [0.2, 0.25) is 0 Å². The van der Waals surface area contributed by atoms with Crippen LogP contribution in [0.25, 0.3) is 0 Å². The Morgan fingerprint density at radius 3 is 3.07 bits per heavy atom. The van der Waals surface area contributed by atoms with Crippen molar-refractivity contribution in [2.75, 3.05) is 19.0 Å². The van der Waals surface area contributed by atoms with Gasteiger partial charge >= 0.3 is 0 Å². The van der Waals surface area contributed by atoms with E-state index in [1.54, 1.807) is 7.11 Å². The molecule has 1 atom stereocenters. The Kier molecular flexibility index (Phi) is 2.62. The van der Waals surface area contributed by atoms with Crippen LogP contribution in [0.15, 0.2) is 18.2 Å². The molecule has 1 aromatic rings. The Morgan fingerprint density at radius 1 is 1.43 bits per heavy atom. The third-order valence-electron chi connectivity index (χ3n) is 2.86. The van der Waals surface area contributed by atoms with E-state index in [4.69, 9.17) is 4.74 Å². The molecule has 0 amide bonds. The summed E-state index contributed by atoms with van der Waals surface area (Å²) in [7, 11) is 1.71. The first-order chi connectivity index (χ1) is 6.79. The summed E-state index contributed by atoms with van der Waals surface area (Å²) >= 11 is 0. The fourth-order valence-corrected chi connectivity index (χ4v) is 1.85. The molecule has 1 unspecified atom stereocenters. The minimum atomic E-state index is 0.758. The topological polar surface area (TPSA) is 21.3 Å². The molecule has 14 heavy (non-hydrogen) atoms. The zero-order valence-corrected chi connectivity index (χ0v) is 8.84. The molecule has 2 rings (SSSR count). The quantitative estimate of drug-likeness (QED) is 0.737. The number of hydrogen-bond acceptors (Lipinski definition) is 2. The fourth-order valence-electron chi connectivity index (χ4n) is 1.85. The summed E-state index contributed by atoms with van der Waals surface area (Å²) in [5, 5.41) is 3.47. The van der Waals surface area contributed by atoms with Crippen LogP contribution in [-0.4, -0.2) is 13.7 Å². The molecule has 0 aromatic heterocycles. The van der Waals surface area contributed by atoms with E-state index in [1.165, 1.54) is 24.1 Å². The highest BCUT2D eigenvalue weighted by atomic mass is 16.5. The van der Waals surface area contributed by atoms with Gasteiger partial charge in [0.25, 0.3) is 0 Å². The smallest absolute Gasteiger partial charge is 0.120 e. The number of hydrogen-bond donors (Lipinski definition) is 1. The monoisotopic (exact) mass is 191 g/mol. The van der Waals surface area contributed by atoms with Crippen LogP contribution in [0.4, 0.5) is 5.69 Å². The van der Waals surface area contributed by atoms with Crippen molar-refractivity contribution in [3.8, 4) is 5.75 Å². The molecule has 0 radical (unpaired) electrons. The summed E-state index contributed by atoms with van der Waals surface area (Å²) in [6, 6.07) is 6.29. The summed E-state index contributed by atoms with van der Waals surface area (Å²) < 4.78 is 5.21. The first-order valence-corrected chi connectivity index (χ1v) is 5.20. The lowest BCUT2D eigenvalue weighted by Crippen LogP contribution is -2.08. The van der Waals surface area contributed by atoms with Crippen molar-refractivity contribution in [2.45, 2.75) is 19.8 Å². The molecule has 1 aromatic carbocycles.